The van der Waals surface area contributed by atoms with Crippen LogP contribution in [0.25, 0.3) is 0 Å². The minimum Gasteiger partial charge on any atom is -0.444 e. The van der Waals surface area contributed by atoms with E-state index in [9.17, 15) is 4.79 Å². The summed E-state index contributed by atoms with van der Waals surface area (Å²) in [5.41, 5.74) is 0.485. The molecule has 28 heavy (non-hydrogen) atoms. The third-order valence-electron chi connectivity index (χ3n) is 5.77. The maximum atomic E-state index is 12.6. The zero-order chi connectivity index (χ0) is 20.5. The molecular weight excluding hydrogens is 358 g/mol. The van der Waals surface area contributed by atoms with Gasteiger partial charge in [-0.1, -0.05) is 5.21 Å². The number of hydrogen-bond acceptors (Lipinski definition) is 6. The van der Waals surface area contributed by atoms with E-state index < -0.39 is 5.60 Å². The Morgan fingerprint density at radius 1 is 1.29 bits per heavy atom. The predicted octanol–water partition coefficient (Wildman–Crippen LogP) is 2.53. The zero-order valence-electron chi connectivity index (χ0n) is 18.1. The molecule has 0 radical (unpaired) electrons. The van der Waals surface area contributed by atoms with Crippen molar-refractivity contribution in [3.05, 3.63) is 11.9 Å². The molecule has 1 aromatic rings. The van der Waals surface area contributed by atoms with Gasteiger partial charge in [0.25, 0.3) is 0 Å². The minimum atomic E-state index is -0.483. The van der Waals surface area contributed by atoms with Crippen LogP contribution in [0.15, 0.2) is 6.20 Å². The molecule has 2 aliphatic rings. The number of carbonyl (C=O) groups is 1. The zero-order valence-corrected chi connectivity index (χ0v) is 18.1. The Balaban J connectivity index is 1.61. The van der Waals surface area contributed by atoms with Gasteiger partial charge in [-0.05, 0) is 48.0 Å². The lowest BCUT2D eigenvalue weighted by Gasteiger charge is -2.48. The van der Waals surface area contributed by atoms with Gasteiger partial charge in [0.05, 0.1) is 12.3 Å². The number of ether oxygens (including phenoxy) is 2. The molecule has 2 aliphatic heterocycles. The first-order valence-electron chi connectivity index (χ1n) is 10.4. The first-order valence-corrected chi connectivity index (χ1v) is 10.4. The minimum absolute atomic E-state index is 0.0664. The van der Waals surface area contributed by atoms with Crippen LogP contribution in [-0.2, 0) is 22.6 Å². The summed E-state index contributed by atoms with van der Waals surface area (Å²) in [6.07, 6.45) is 2.90. The standard InChI is InChI=1S/C20H35N5O3/c1-14-9-25(19(26)28-20(4,5)6)16(3)15(2)24(14)12-18-11-23(22-21-18)10-17-7-8-27-13-17/h11,14-17H,7-10,12-13H2,1-6H3. The van der Waals surface area contributed by atoms with Crippen LogP contribution in [0.2, 0.25) is 0 Å². The SMILES string of the molecule is CC1C(C)N(Cc2cn(CC3CCOC3)nn2)C(C)CN1C(=O)OC(C)(C)C. The van der Waals surface area contributed by atoms with Crippen molar-refractivity contribution in [3.63, 3.8) is 0 Å². The van der Waals surface area contributed by atoms with Gasteiger partial charge >= 0.3 is 6.09 Å². The van der Waals surface area contributed by atoms with E-state index in [1.807, 2.05) is 36.5 Å². The Labute approximate surface area is 168 Å². The average molecular weight is 394 g/mol. The second kappa shape index (κ2) is 8.37. The van der Waals surface area contributed by atoms with Gasteiger partial charge in [0, 0.05) is 56.5 Å². The van der Waals surface area contributed by atoms with E-state index >= 15 is 0 Å². The molecule has 0 aromatic carbocycles. The van der Waals surface area contributed by atoms with Gasteiger partial charge in [-0.3, -0.25) is 9.58 Å². The van der Waals surface area contributed by atoms with Crippen molar-refractivity contribution in [1.29, 1.82) is 0 Å². The fourth-order valence-electron chi connectivity index (χ4n) is 4.04. The summed E-state index contributed by atoms with van der Waals surface area (Å²) in [5.74, 6) is 0.532. The molecule has 3 rings (SSSR count). The van der Waals surface area contributed by atoms with Crippen molar-refractivity contribution in [1.82, 2.24) is 24.8 Å². The van der Waals surface area contributed by atoms with Crippen LogP contribution < -0.4 is 0 Å². The first-order chi connectivity index (χ1) is 13.1. The van der Waals surface area contributed by atoms with Gasteiger partial charge in [-0.15, -0.1) is 5.10 Å². The third-order valence-corrected chi connectivity index (χ3v) is 5.77. The van der Waals surface area contributed by atoms with Crippen LogP contribution >= 0.6 is 0 Å². The highest BCUT2D eigenvalue weighted by molar-refractivity contribution is 5.69. The van der Waals surface area contributed by atoms with E-state index in [2.05, 4.69) is 36.0 Å². The molecule has 4 atom stereocenters. The van der Waals surface area contributed by atoms with Crippen LogP contribution in [-0.4, -0.2) is 74.4 Å². The Morgan fingerprint density at radius 3 is 2.68 bits per heavy atom. The molecule has 0 bridgehead atoms. The van der Waals surface area contributed by atoms with Crippen molar-refractivity contribution < 1.29 is 14.3 Å². The normalized spacial score (nSPS) is 29.3. The molecule has 8 heteroatoms. The smallest absolute Gasteiger partial charge is 0.410 e. The maximum Gasteiger partial charge on any atom is 0.410 e. The number of amides is 1. The highest BCUT2D eigenvalue weighted by Gasteiger charge is 2.39. The van der Waals surface area contributed by atoms with Gasteiger partial charge in [-0.25, -0.2) is 4.79 Å². The third kappa shape index (κ3) is 5.03. The van der Waals surface area contributed by atoms with E-state index in [-0.39, 0.29) is 24.2 Å². The fourth-order valence-corrected chi connectivity index (χ4v) is 4.04. The van der Waals surface area contributed by atoms with E-state index in [0.717, 1.165) is 38.4 Å². The number of piperazine rings is 1. The molecule has 2 saturated heterocycles. The second-order valence-electron chi connectivity index (χ2n) is 9.30. The quantitative estimate of drug-likeness (QED) is 0.783. The molecule has 8 nitrogen and oxygen atoms in total. The molecule has 0 aliphatic carbocycles. The number of carbonyl (C=O) groups excluding carboxylic acids is 1. The van der Waals surface area contributed by atoms with Crippen LogP contribution in [0.4, 0.5) is 4.79 Å². The van der Waals surface area contributed by atoms with E-state index in [1.165, 1.54) is 0 Å². The Bertz CT molecular complexity index is 665. The fraction of sp³-hybridized carbons (Fsp3) is 0.850. The van der Waals surface area contributed by atoms with Crippen LogP contribution in [0, 0.1) is 5.92 Å². The van der Waals surface area contributed by atoms with Crippen molar-refractivity contribution in [2.24, 2.45) is 5.92 Å². The lowest BCUT2D eigenvalue weighted by Crippen LogP contribution is -2.62. The highest BCUT2D eigenvalue weighted by atomic mass is 16.6. The summed E-state index contributed by atoms with van der Waals surface area (Å²) >= 11 is 0. The van der Waals surface area contributed by atoms with Crippen molar-refractivity contribution >= 4 is 6.09 Å². The lowest BCUT2D eigenvalue weighted by atomic mass is 10.0. The van der Waals surface area contributed by atoms with Crippen LogP contribution in [0.5, 0.6) is 0 Å². The Hall–Kier alpha value is -1.67. The molecule has 0 spiro atoms. The highest BCUT2D eigenvalue weighted by Crippen LogP contribution is 2.25. The monoisotopic (exact) mass is 393 g/mol. The van der Waals surface area contributed by atoms with Gasteiger partial charge in [-0.2, -0.15) is 0 Å². The van der Waals surface area contributed by atoms with Crippen molar-refractivity contribution in [3.8, 4) is 0 Å². The van der Waals surface area contributed by atoms with E-state index in [0.29, 0.717) is 12.5 Å². The van der Waals surface area contributed by atoms with E-state index in [4.69, 9.17) is 9.47 Å². The molecular formula is C20H35N5O3. The lowest BCUT2D eigenvalue weighted by molar-refractivity contribution is -0.0325. The van der Waals surface area contributed by atoms with Crippen molar-refractivity contribution in [2.45, 2.75) is 84.8 Å². The number of nitrogens with zero attached hydrogens (tertiary/aromatic N) is 5. The molecule has 2 fully saturated rings. The summed E-state index contributed by atoms with van der Waals surface area (Å²) in [7, 11) is 0. The summed E-state index contributed by atoms with van der Waals surface area (Å²) in [6, 6.07) is 0.480. The second-order valence-corrected chi connectivity index (χ2v) is 9.30. The Morgan fingerprint density at radius 2 is 2.04 bits per heavy atom. The summed E-state index contributed by atoms with van der Waals surface area (Å²) in [5, 5.41) is 8.67. The maximum absolute atomic E-state index is 12.6. The molecule has 0 saturated carbocycles. The van der Waals surface area contributed by atoms with E-state index in [1.54, 1.807) is 0 Å². The van der Waals surface area contributed by atoms with Gasteiger partial charge in [0.1, 0.15) is 5.60 Å². The largest absolute Gasteiger partial charge is 0.444 e. The topological polar surface area (TPSA) is 72.7 Å². The van der Waals surface area contributed by atoms with Gasteiger partial charge < -0.3 is 14.4 Å². The van der Waals surface area contributed by atoms with Crippen LogP contribution in [0.3, 0.4) is 0 Å². The van der Waals surface area contributed by atoms with Crippen LogP contribution in [0.1, 0.15) is 53.7 Å². The first kappa shape index (κ1) is 21.0. The average Bonchev–Trinajstić information content (AvgIpc) is 3.25. The predicted molar refractivity (Wildman–Crippen MR) is 106 cm³/mol. The summed E-state index contributed by atoms with van der Waals surface area (Å²) < 4.78 is 13.0. The van der Waals surface area contributed by atoms with Gasteiger partial charge in [0.15, 0.2) is 0 Å². The summed E-state index contributed by atoms with van der Waals surface area (Å²) in [4.78, 5) is 16.9. The molecule has 1 amide bonds. The number of hydrogen-bond donors (Lipinski definition) is 0. The number of rotatable bonds is 4. The molecule has 0 N–H and O–H groups in total. The van der Waals surface area contributed by atoms with Gasteiger partial charge in [0.2, 0.25) is 0 Å². The Kier molecular flexibility index (Phi) is 6.29. The molecule has 3 heterocycles. The molecule has 1 aromatic heterocycles. The molecule has 158 valence electrons. The molecule has 4 unspecified atom stereocenters. The number of aromatic nitrogens is 3. The van der Waals surface area contributed by atoms with Crippen molar-refractivity contribution in [2.75, 3.05) is 19.8 Å². The summed E-state index contributed by atoms with van der Waals surface area (Å²) in [6.45, 7) is 16.0.